The zero-order valence-electron chi connectivity index (χ0n) is 15.1. The third-order valence-electron chi connectivity index (χ3n) is 3.97. The highest BCUT2D eigenvalue weighted by atomic mass is 32.1. The van der Waals surface area contributed by atoms with Gasteiger partial charge in [0.05, 0.1) is 29.7 Å². The van der Waals surface area contributed by atoms with Crippen LogP contribution in [0.1, 0.15) is 22.6 Å². The second kappa shape index (κ2) is 8.09. The molecule has 2 heterocycles. The van der Waals surface area contributed by atoms with E-state index in [1.165, 1.54) is 24.4 Å². The minimum absolute atomic E-state index is 0.0717. The van der Waals surface area contributed by atoms with Crippen molar-refractivity contribution in [3.63, 3.8) is 0 Å². The molecule has 28 heavy (non-hydrogen) atoms. The molecular weight excluding hydrogens is 383 g/mol. The Kier molecular flexibility index (Phi) is 5.59. The standard InChI is InChI=1S/C18H17FN6O2S/c1-10-15(11(2)25(24-10)14-5-3-12(19)4-6-14)9-20-23-17(27)8-13-7-16(26)22-18(28)21-13/h3-7,9H,8H2,1-2H3,(H,23,27)(H2,21,22,26,28)/b20-9-. The average molecular weight is 400 g/mol. The summed E-state index contributed by atoms with van der Waals surface area (Å²) in [6, 6.07) is 7.24. The number of aromatic nitrogens is 4. The summed E-state index contributed by atoms with van der Waals surface area (Å²) in [7, 11) is 0. The van der Waals surface area contributed by atoms with E-state index >= 15 is 0 Å². The number of hydrogen-bond donors (Lipinski definition) is 3. The van der Waals surface area contributed by atoms with Gasteiger partial charge in [-0.15, -0.1) is 0 Å². The topological polar surface area (TPSA) is 108 Å². The highest BCUT2D eigenvalue weighted by Gasteiger charge is 2.11. The van der Waals surface area contributed by atoms with Crippen LogP contribution in [0.5, 0.6) is 0 Å². The van der Waals surface area contributed by atoms with E-state index in [0.717, 1.165) is 16.9 Å². The van der Waals surface area contributed by atoms with Crippen LogP contribution in [0.2, 0.25) is 0 Å². The molecule has 0 unspecified atom stereocenters. The molecule has 0 saturated carbocycles. The van der Waals surface area contributed by atoms with Gasteiger partial charge in [-0.1, -0.05) is 0 Å². The minimum atomic E-state index is -0.409. The van der Waals surface area contributed by atoms with Crippen LogP contribution in [-0.4, -0.2) is 31.9 Å². The number of halogens is 1. The van der Waals surface area contributed by atoms with E-state index in [-0.39, 0.29) is 22.6 Å². The summed E-state index contributed by atoms with van der Waals surface area (Å²) in [6.07, 6.45) is 1.42. The Morgan fingerprint density at radius 1 is 1.32 bits per heavy atom. The molecule has 3 rings (SSSR count). The van der Waals surface area contributed by atoms with Crippen molar-refractivity contribution in [2.24, 2.45) is 5.10 Å². The van der Waals surface area contributed by atoms with Crippen LogP contribution in [0.4, 0.5) is 4.39 Å². The van der Waals surface area contributed by atoms with Gasteiger partial charge in [-0.25, -0.2) is 14.5 Å². The van der Waals surface area contributed by atoms with E-state index in [9.17, 15) is 14.0 Å². The average Bonchev–Trinajstić information content (AvgIpc) is 2.89. The number of H-pyrrole nitrogens is 2. The van der Waals surface area contributed by atoms with Crippen molar-refractivity contribution in [2.75, 3.05) is 0 Å². The zero-order chi connectivity index (χ0) is 20.3. The Bertz CT molecular complexity index is 1130. The van der Waals surface area contributed by atoms with Gasteiger partial charge in [-0.2, -0.15) is 10.2 Å². The first-order chi connectivity index (χ1) is 13.3. The predicted molar refractivity (Wildman–Crippen MR) is 105 cm³/mol. The maximum absolute atomic E-state index is 13.1. The molecule has 3 aromatic rings. The molecule has 0 aliphatic heterocycles. The first-order valence-electron chi connectivity index (χ1n) is 8.30. The highest BCUT2D eigenvalue weighted by molar-refractivity contribution is 7.71. The summed E-state index contributed by atoms with van der Waals surface area (Å²) in [5, 5.41) is 8.39. The van der Waals surface area contributed by atoms with Gasteiger partial charge in [0.1, 0.15) is 5.82 Å². The van der Waals surface area contributed by atoms with Crippen molar-refractivity contribution >= 4 is 24.3 Å². The van der Waals surface area contributed by atoms with Gasteiger partial charge in [0.25, 0.3) is 5.56 Å². The van der Waals surface area contributed by atoms with E-state index in [2.05, 4.69) is 25.6 Å². The third-order valence-corrected chi connectivity index (χ3v) is 4.17. The van der Waals surface area contributed by atoms with E-state index < -0.39 is 5.91 Å². The van der Waals surface area contributed by atoms with Crippen LogP contribution < -0.4 is 11.0 Å². The summed E-state index contributed by atoms with van der Waals surface area (Å²) >= 11 is 4.87. The van der Waals surface area contributed by atoms with Gasteiger partial charge < -0.3 is 4.98 Å². The Morgan fingerprint density at radius 2 is 2.04 bits per heavy atom. The van der Waals surface area contributed by atoms with Crippen molar-refractivity contribution in [3.8, 4) is 5.69 Å². The van der Waals surface area contributed by atoms with Crippen molar-refractivity contribution in [3.05, 3.63) is 73.9 Å². The maximum Gasteiger partial charge on any atom is 0.251 e. The smallest absolute Gasteiger partial charge is 0.251 e. The molecule has 1 aromatic carbocycles. The number of rotatable bonds is 5. The molecule has 2 aromatic heterocycles. The van der Waals surface area contributed by atoms with Gasteiger partial charge in [-0.3, -0.25) is 14.6 Å². The number of benzene rings is 1. The number of amides is 1. The monoisotopic (exact) mass is 400 g/mol. The van der Waals surface area contributed by atoms with Crippen molar-refractivity contribution in [2.45, 2.75) is 20.3 Å². The number of hydrazone groups is 1. The fourth-order valence-corrected chi connectivity index (χ4v) is 2.90. The van der Waals surface area contributed by atoms with Gasteiger partial charge in [0.2, 0.25) is 5.91 Å². The molecule has 0 spiro atoms. The summed E-state index contributed by atoms with van der Waals surface area (Å²) in [4.78, 5) is 28.5. The number of aromatic amines is 2. The fraction of sp³-hybridized carbons (Fsp3) is 0.167. The Hall–Kier alpha value is -3.40. The summed E-state index contributed by atoms with van der Waals surface area (Å²) in [5.41, 5.74) is 5.37. The number of hydrogen-bond acceptors (Lipinski definition) is 5. The van der Waals surface area contributed by atoms with Crippen LogP contribution in [0.3, 0.4) is 0 Å². The molecule has 0 saturated heterocycles. The normalized spacial score (nSPS) is 11.1. The van der Waals surface area contributed by atoms with Crippen molar-refractivity contribution < 1.29 is 9.18 Å². The lowest BCUT2D eigenvalue weighted by molar-refractivity contribution is -0.120. The lowest BCUT2D eigenvalue weighted by atomic mass is 10.2. The number of nitrogens with zero attached hydrogens (tertiary/aromatic N) is 3. The molecule has 3 N–H and O–H groups in total. The van der Waals surface area contributed by atoms with Crippen molar-refractivity contribution in [1.82, 2.24) is 25.2 Å². The van der Waals surface area contributed by atoms with Crippen LogP contribution in [0.25, 0.3) is 5.69 Å². The van der Waals surface area contributed by atoms with E-state index in [1.807, 2.05) is 13.8 Å². The largest absolute Gasteiger partial charge is 0.335 e. The predicted octanol–water partition coefficient (Wildman–Crippen LogP) is 2.07. The molecule has 0 aliphatic carbocycles. The summed E-state index contributed by atoms with van der Waals surface area (Å²) in [5.74, 6) is -0.732. The number of carbonyl (C=O) groups is 1. The molecular formula is C18H17FN6O2S. The molecule has 0 atom stereocenters. The summed E-state index contributed by atoms with van der Waals surface area (Å²) < 4.78 is 14.9. The second-order valence-electron chi connectivity index (χ2n) is 6.06. The van der Waals surface area contributed by atoms with Gasteiger partial charge in [0, 0.05) is 17.3 Å². The molecule has 0 radical (unpaired) electrons. The maximum atomic E-state index is 13.1. The molecule has 0 bridgehead atoms. The first-order valence-corrected chi connectivity index (χ1v) is 8.71. The van der Waals surface area contributed by atoms with E-state index in [1.54, 1.807) is 16.8 Å². The molecule has 8 nitrogen and oxygen atoms in total. The van der Waals surface area contributed by atoms with Crippen LogP contribution in [0.15, 0.2) is 40.2 Å². The molecule has 144 valence electrons. The third kappa shape index (κ3) is 4.46. The molecule has 0 aliphatic rings. The Balaban J connectivity index is 1.72. The zero-order valence-corrected chi connectivity index (χ0v) is 15.9. The van der Waals surface area contributed by atoms with Gasteiger partial charge >= 0.3 is 0 Å². The quantitative estimate of drug-likeness (QED) is 0.346. The van der Waals surface area contributed by atoms with Crippen LogP contribution in [-0.2, 0) is 11.2 Å². The first kappa shape index (κ1) is 19.4. The Labute approximate surface area is 164 Å². The van der Waals surface area contributed by atoms with Gasteiger partial charge in [-0.05, 0) is 50.3 Å². The molecule has 1 amide bonds. The number of nitrogens with one attached hydrogen (secondary N) is 3. The lowest BCUT2D eigenvalue weighted by Gasteiger charge is -2.04. The molecule has 10 heteroatoms. The minimum Gasteiger partial charge on any atom is -0.335 e. The van der Waals surface area contributed by atoms with Crippen LogP contribution >= 0.6 is 12.2 Å². The van der Waals surface area contributed by atoms with Gasteiger partial charge in [0.15, 0.2) is 4.77 Å². The van der Waals surface area contributed by atoms with E-state index in [4.69, 9.17) is 12.2 Å². The molecule has 0 fully saturated rings. The fourth-order valence-electron chi connectivity index (χ4n) is 2.67. The van der Waals surface area contributed by atoms with Crippen molar-refractivity contribution in [1.29, 1.82) is 0 Å². The van der Waals surface area contributed by atoms with Crippen LogP contribution in [0, 0.1) is 24.4 Å². The Morgan fingerprint density at radius 3 is 2.71 bits per heavy atom. The number of aryl methyl sites for hydroxylation is 1. The highest BCUT2D eigenvalue weighted by Crippen LogP contribution is 2.16. The SMILES string of the molecule is Cc1nn(-c2ccc(F)cc2)c(C)c1/C=N\NC(=O)Cc1cc(=O)[nH]c(=S)[nH]1. The van der Waals surface area contributed by atoms with E-state index in [0.29, 0.717) is 11.4 Å². The second-order valence-corrected chi connectivity index (χ2v) is 6.46. The lowest BCUT2D eigenvalue weighted by Crippen LogP contribution is -2.21. The number of carbonyl (C=O) groups excluding carboxylic acids is 1. The summed E-state index contributed by atoms with van der Waals surface area (Å²) in [6.45, 7) is 3.66.